The third-order valence-corrected chi connectivity index (χ3v) is 5.25. The molecule has 0 aliphatic carbocycles. The lowest BCUT2D eigenvalue weighted by Crippen LogP contribution is -2.53. The van der Waals surface area contributed by atoms with Gasteiger partial charge < -0.3 is 15.4 Å². The van der Waals surface area contributed by atoms with Gasteiger partial charge in [0.2, 0.25) is 5.91 Å². The molecule has 2 rings (SSSR count). The molecule has 0 unspecified atom stereocenters. The second kappa shape index (κ2) is 8.62. The molecule has 132 valence electrons. The summed E-state index contributed by atoms with van der Waals surface area (Å²) in [4.78, 5) is 12.2. The first-order chi connectivity index (χ1) is 10.4. The number of halogens is 1. The Morgan fingerprint density at radius 3 is 2.96 bits per heavy atom. The largest absolute Gasteiger partial charge is 0.375 e. The fraction of sp³-hybridized carbons (Fsp3) is 0.692. The third kappa shape index (κ3) is 5.76. The number of ether oxygens (including phenoxy) is 1. The van der Waals surface area contributed by atoms with E-state index in [1.54, 1.807) is 19.2 Å². The van der Waals surface area contributed by atoms with Crippen LogP contribution >= 0.6 is 12.4 Å². The SMILES string of the molecule is CCS(=O)(=O)CCn1ccc(NC(=O)[C@H]2NCCO[C@@H]2C)n1.Cl. The molecule has 1 aromatic rings. The van der Waals surface area contributed by atoms with Crippen LogP contribution in [0.5, 0.6) is 0 Å². The second-order valence-corrected chi connectivity index (χ2v) is 7.67. The van der Waals surface area contributed by atoms with Crippen LogP contribution in [0.1, 0.15) is 13.8 Å². The van der Waals surface area contributed by atoms with Crippen LogP contribution in [0.25, 0.3) is 0 Å². The number of nitrogens with one attached hydrogen (secondary N) is 2. The van der Waals surface area contributed by atoms with Gasteiger partial charge in [-0.1, -0.05) is 6.92 Å². The number of aromatic nitrogens is 2. The number of aryl methyl sites for hydroxylation is 1. The average molecular weight is 367 g/mol. The minimum Gasteiger partial charge on any atom is -0.375 e. The Labute approximate surface area is 142 Å². The maximum absolute atomic E-state index is 12.2. The van der Waals surface area contributed by atoms with E-state index in [-0.39, 0.29) is 42.5 Å². The Balaban J connectivity index is 0.00000264. The van der Waals surface area contributed by atoms with E-state index in [4.69, 9.17) is 4.74 Å². The van der Waals surface area contributed by atoms with Gasteiger partial charge in [0.15, 0.2) is 15.7 Å². The normalized spacial score (nSPS) is 21.5. The van der Waals surface area contributed by atoms with Gasteiger partial charge in [-0.2, -0.15) is 5.10 Å². The highest BCUT2D eigenvalue weighted by molar-refractivity contribution is 7.91. The Bertz CT molecular complexity index is 619. The van der Waals surface area contributed by atoms with E-state index in [9.17, 15) is 13.2 Å². The van der Waals surface area contributed by atoms with Crippen molar-refractivity contribution in [3.05, 3.63) is 12.3 Å². The van der Waals surface area contributed by atoms with Crippen LogP contribution in [0.3, 0.4) is 0 Å². The number of carbonyl (C=O) groups is 1. The van der Waals surface area contributed by atoms with Crippen LogP contribution in [0.2, 0.25) is 0 Å². The van der Waals surface area contributed by atoms with Crippen molar-refractivity contribution in [3.8, 4) is 0 Å². The molecule has 1 aliphatic rings. The van der Waals surface area contributed by atoms with Crippen molar-refractivity contribution in [3.63, 3.8) is 0 Å². The minimum atomic E-state index is -3.03. The van der Waals surface area contributed by atoms with Gasteiger partial charge >= 0.3 is 0 Å². The fourth-order valence-electron chi connectivity index (χ4n) is 2.16. The van der Waals surface area contributed by atoms with Gasteiger partial charge in [0.1, 0.15) is 6.04 Å². The molecule has 0 radical (unpaired) electrons. The molecule has 0 spiro atoms. The number of sulfone groups is 1. The smallest absolute Gasteiger partial charge is 0.245 e. The minimum absolute atomic E-state index is 0. The van der Waals surface area contributed by atoms with E-state index in [1.807, 2.05) is 6.92 Å². The lowest BCUT2D eigenvalue weighted by molar-refractivity contribution is -0.123. The van der Waals surface area contributed by atoms with Crippen molar-refractivity contribution in [2.24, 2.45) is 0 Å². The van der Waals surface area contributed by atoms with E-state index < -0.39 is 15.9 Å². The maximum Gasteiger partial charge on any atom is 0.245 e. The van der Waals surface area contributed by atoms with Crippen LogP contribution < -0.4 is 10.6 Å². The Kier molecular flexibility index (Phi) is 7.46. The molecular weight excluding hydrogens is 344 g/mol. The number of hydrogen-bond acceptors (Lipinski definition) is 6. The topological polar surface area (TPSA) is 102 Å². The number of carbonyl (C=O) groups excluding carboxylic acids is 1. The quantitative estimate of drug-likeness (QED) is 0.737. The summed E-state index contributed by atoms with van der Waals surface area (Å²) in [6, 6.07) is 1.23. The zero-order valence-electron chi connectivity index (χ0n) is 13.2. The highest BCUT2D eigenvalue weighted by Crippen LogP contribution is 2.08. The Morgan fingerprint density at radius 1 is 1.57 bits per heavy atom. The summed E-state index contributed by atoms with van der Waals surface area (Å²) < 4.78 is 29.9. The molecule has 2 N–H and O–H groups in total. The molecule has 1 fully saturated rings. The molecule has 0 aromatic carbocycles. The molecule has 8 nitrogen and oxygen atoms in total. The summed E-state index contributed by atoms with van der Waals surface area (Å²) in [7, 11) is -3.03. The van der Waals surface area contributed by atoms with E-state index in [0.29, 0.717) is 19.0 Å². The molecule has 0 bridgehead atoms. The van der Waals surface area contributed by atoms with Gasteiger partial charge in [-0.15, -0.1) is 12.4 Å². The van der Waals surface area contributed by atoms with Crippen molar-refractivity contribution in [2.75, 3.05) is 30.0 Å². The number of hydrogen-bond donors (Lipinski definition) is 2. The number of morpholine rings is 1. The third-order valence-electron chi connectivity index (χ3n) is 3.56. The Hall–Kier alpha value is -1.16. The van der Waals surface area contributed by atoms with Crippen molar-refractivity contribution < 1.29 is 17.9 Å². The maximum atomic E-state index is 12.2. The zero-order chi connectivity index (χ0) is 16.2. The molecule has 0 saturated carbocycles. The van der Waals surface area contributed by atoms with Crippen LogP contribution in [-0.4, -0.2) is 60.9 Å². The predicted octanol–water partition coefficient (Wildman–Crippen LogP) is 0.0550. The lowest BCUT2D eigenvalue weighted by atomic mass is 10.1. The summed E-state index contributed by atoms with van der Waals surface area (Å²) in [5, 5.41) is 9.97. The van der Waals surface area contributed by atoms with Crippen molar-refractivity contribution in [2.45, 2.75) is 32.5 Å². The summed E-state index contributed by atoms with van der Waals surface area (Å²) >= 11 is 0. The average Bonchev–Trinajstić information content (AvgIpc) is 2.93. The van der Waals surface area contributed by atoms with Gasteiger partial charge in [-0.05, 0) is 6.92 Å². The van der Waals surface area contributed by atoms with E-state index in [1.165, 1.54) is 4.68 Å². The van der Waals surface area contributed by atoms with E-state index in [2.05, 4.69) is 15.7 Å². The summed E-state index contributed by atoms with van der Waals surface area (Å²) in [6.45, 7) is 4.94. The van der Waals surface area contributed by atoms with Gasteiger partial charge in [-0.3, -0.25) is 9.48 Å². The lowest BCUT2D eigenvalue weighted by Gasteiger charge is -2.28. The van der Waals surface area contributed by atoms with Gasteiger partial charge in [0.05, 0.1) is 25.0 Å². The number of anilines is 1. The van der Waals surface area contributed by atoms with Crippen LogP contribution in [0, 0.1) is 0 Å². The molecule has 1 aromatic heterocycles. The summed E-state index contributed by atoms with van der Waals surface area (Å²) in [5.74, 6) is 0.341. The molecule has 2 heterocycles. The van der Waals surface area contributed by atoms with Gasteiger partial charge in [-0.25, -0.2) is 8.42 Å². The molecule has 1 saturated heterocycles. The van der Waals surface area contributed by atoms with Gasteiger partial charge in [0.25, 0.3) is 0 Å². The van der Waals surface area contributed by atoms with E-state index in [0.717, 1.165) is 0 Å². The molecular formula is C13H23ClN4O4S. The zero-order valence-corrected chi connectivity index (χ0v) is 14.8. The highest BCUT2D eigenvalue weighted by Gasteiger charge is 2.28. The first-order valence-electron chi connectivity index (χ1n) is 7.31. The summed E-state index contributed by atoms with van der Waals surface area (Å²) in [6.07, 6.45) is 1.44. The highest BCUT2D eigenvalue weighted by atomic mass is 35.5. The molecule has 1 amide bonds. The van der Waals surface area contributed by atoms with E-state index >= 15 is 0 Å². The first-order valence-corrected chi connectivity index (χ1v) is 9.13. The van der Waals surface area contributed by atoms with Crippen LogP contribution in [-0.2, 0) is 25.9 Å². The number of nitrogens with zero attached hydrogens (tertiary/aromatic N) is 2. The Morgan fingerprint density at radius 2 is 2.30 bits per heavy atom. The van der Waals surface area contributed by atoms with Crippen LogP contribution in [0.15, 0.2) is 12.3 Å². The molecule has 2 atom stereocenters. The first kappa shape index (κ1) is 19.9. The standard InChI is InChI=1S/C13H22N4O4S.ClH/c1-3-22(19,20)9-7-17-6-4-11(16-17)15-13(18)12-10(2)21-8-5-14-12;/h4,6,10,12,14H,3,5,7-9H2,1-2H3,(H,15,16,18);1H/t10-,12+;/m1./s1. The van der Waals surface area contributed by atoms with Gasteiger partial charge in [0, 0.05) is 24.6 Å². The van der Waals surface area contributed by atoms with Crippen molar-refractivity contribution in [1.29, 1.82) is 0 Å². The summed E-state index contributed by atoms with van der Waals surface area (Å²) in [5.41, 5.74) is 0. The monoisotopic (exact) mass is 366 g/mol. The fourth-order valence-corrected chi connectivity index (χ4v) is 2.92. The predicted molar refractivity (Wildman–Crippen MR) is 89.6 cm³/mol. The molecule has 10 heteroatoms. The number of rotatable bonds is 6. The number of amides is 1. The molecule has 1 aliphatic heterocycles. The van der Waals surface area contributed by atoms with Crippen molar-refractivity contribution >= 4 is 34.0 Å². The van der Waals surface area contributed by atoms with Crippen LogP contribution in [0.4, 0.5) is 5.82 Å². The second-order valence-electron chi connectivity index (χ2n) is 5.20. The molecule has 23 heavy (non-hydrogen) atoms. The van der Waals surface area contributed by atoms with Crippen molar-refractivity contribution in [1.82, 2.24) is 15.1 Å².